The van der Waals surface area contributed by atoms with E-state index in [1.807, 2.05) is 38.1 Å². The Balaban J connectivity index is 2.43. The second-order valence-corrected chi connectivity index (χ2v) is 7.44. The van der Waals surface area contributed by atoms with Crippen LogP contribution >= 0.6 is 0 Å². The van der Waals surface area contributed by atoms with Crippen molar-refractivity contribution in [1.29, 1.82) is 0 Å². The molecule has 0 heterocycles. The number of hydrogen-bond donors (Lipinski definition) is 2. The van der Waals surface area contributed by atoms with Crippen LogP contribution in [0.15, 0.2) is 36.4 Å². The van der Waals surface area contributed by atoms with Gasteiger partial charge in [0.05, 0.1) is 12.7 Å². The van der Waals surface area contributed by atoms with Gasteiger partial charge in [-0.3, -0.25) is 9.52 Å². The maximum absolute atomic E-state index is 11.4. The van der Waals surface area contributed by atoms with Crippen molar-refractivity contribution in [3.05, 3.63) is 53.1 Å². The third kappa shape index (κ3) is 4.56. The molecule has 2 aromatic carbocycles. The normalized spacial score (nSPS) is 11.3. The molecule has 6 heteroatoms. The number of carbonyl (C=O) groups is 1. The van der Waals surface area contributed by atoms with Crippen LogP contribution in [0.25, 0.3) is 11.1 Å². The molecule has 0 aliphatic carbocycles. The Hall–Kier alpha value is -2.34. The van der Waals surface area contributed by atoms with Crippen molar-refractivity contribution in [2.45, 2.75) is 20.3 Å². The smallest absolute Gasteiger partial charge is 0.229 e. The highest BCUT2D eigenvalue weighted by Gasteiger charge is 2.09. The highest BCUT2D eigenvalue weighted by atomic mass is 32.2. The number of hydrogen-bond acceptors (Lipinski definition) is 3. The molecule has 23 heavy (non-hydrogen) atoms. The molecule has 0 fully saturated rings. The Morgan fingerprint density at radius 1 is 1.09 bits per heavy atom. The van der Waals surface area contributed by atoms with E-state index >= 15 is 0 Å². The Morgan fingerprint density at radius 2 is 1.78 bits per heavy atom. The van der Waals surface area contributed by atoms with Gasteiger partial charge in [0.1, 0.15) is 0 Å². The zero-order valence-electron chi connectivity index (χ0n) is 13.4. The third-order valence-electron chi connectivity index (χ3n) is 3.56. The Bertz CT molecular complexity index is 858. The van der Waals surface area contributed by atoms with Crippen LogP contribution in [0.1, 0.15) is 16.7 Å². The van der Waals surface area contributed by atoms with Crippen LogP contribution in [0.4, 0.5) is 5.69 Å². The predicted octanol–water partition coefficient (Wildman–Crippen LogP) is 2.37. The number of rotatable bonds is 5. The summed E-state index contributed by atoms with van der Waals surface area (Å²) in [4.78, 5) is 11.1. The average molecular weight is 332 g/mol. The molecular formula is C17H20N2O3S. The van der Waals surface area contributed by atoms with Gasteiger partial charge in [-0.05, 0) is 53.8 Å². The second-order valence-electron chi connectivity index (χ2n) is 5.69. The van der Waals surface area contributed by atoms with Crippen LogP contribution in [0.5, 0.6) is 0 Å². The largest absolute Gasteiger partial charge is 0.369 e. The molecule has 1 amide bonds. The lowest BCUT2D eigenvalue weighted by Crippen LogP contribution is -2.14. The number of primary amides is 1. The number of nitrogens with two attached hydrogens (primary N) is 1. The SMILES string of the molecule is Cc1cc(-c2cc(NS(C)(=O)=O)ccc2C)ccc1CC(N)=O. The summed E-state index contributed by atoms with van der Waals surface area (Å²) in [5, 5.41) is 0. The van der Waals surface area contributed by atoms with Crippen molar-refractivity contribution in [1.82, 2.24) is 0 Å². The monoisotopic (exact) mass is 332 g/mol. The first-order chi connectivity index (χ1) is 10.7. The van der Waals surface area contributed by atoms with Crippen molar-refractivity contribution >= 4 is 21.6 Å². The van der Waals surface area contributed by atoms with Crippen LogP contribution < -0.4 is 10.5 Å². The molecule has 3 N–H and O–H groups in total. The number of carbonyl (C=O) groups excluding carboxylic acids is 1. The van der Waals surface area contributed by atoms with E-state index in [4.69, 9.17) is 5.73 Å². The molecule has 0 bridgehead atoms. The van der Waals surface area contributed by atoms with E-state index in [2.05, 4.69) is 4.72 Å². The lowest BCUT2D eigenvalue weighted by molar-refractivity contribution is -0.117. The molecule has 2 rings (SSSR count). The van der Waals surface area contributed by atoms with Gasteiger partial charge in [0, 0.05) is 5.69 Å². The maximum Gasteiger partial charge on any atom is 0.229 e. The van der Waals surface area contributed by atoms with Gasteiger partial charge in [0.15, 0.2) is 0 Å². The molecule has 0 aliphatic rings. The summed E-state index contributed by atoms with van der Waals surface area (Å²) >= 11 is 0. The summed E-state index contributed by atoms with van der Waals surface area (Å²) < 4.78 is 25.2. The topological polar surface area (TPSA) is 89.3 Å². The molecule has 0 aliphatic heterocycles. The van der Waals surface area contributed by atoms with Crippen molar-refractivity contribution in [2.24, 2.45) is 5.73 Å². The first-order valence-corrected chi connectivity index (χ1v) is 9.01. The minimum Gasteiger partial charge on any atom is -0.369 e. The van der Waals surface area contributed by atoms with E-state index in [9.17, 15) is 13.2 Å². The van der Waals surface area contributed by atoms with E-state index in [1.54, 1.807) is 12.1 Å². The fraction of sp³-hybridized carbons (Fsp3) is 0.235. The van der Waals surface area contributed by atoms with E-state index in [-0.39, 0.29) is 12.3 Å². The van der Waals surface area contributed by atoms with Crippen LogP contribution in [-0.2, 0) is 21.2 Å². The van der Waals surface area contributed by atoms with E-state index in [1.165, 1.54) is 0 Å². The number of aryl methyl sites for hydroxylation is 2. The van der Waals surface area contributed by atoms with E-state index < -0.39 is 10.0 Å². The quantitative estimate of drug-likeness (QED) is 0.881. The van der Waals surface area contributed by atoms with E-state index in [0.717, 1.165) is 34.1 Å². The molecule has 122 valence electrons. The molecule has 0 aromatic heterocycles. The fourth-order valence-electron chi connectivity index (χ4n) is 2.46. The Kier molecular flexibility index (Phi) is 4.75. The van der Waals surface area contributed by atoms with Crippen LogP contribution in [-0.4, -0.2) is 20.6 Å². The van der Waals surface area contributed by atoms with Gasteiger partial charge in [0.2, 0.25) is 15.9 Å². The van der Waals surface area contributed by atoms with Crippen LogP contribution in [0, 0.1) is 13.8 Å². The van der Waals surface area contributed by atoms with E-state index in [0.29, 0.717) is 5.69 Å². The molecule has 0 saturated heterocycles. The van der Waals surface area contributed by atoms with Gasteiger partial charge in [-0.15, -0.1) is 0 Å². The highest BCUT2D eigenvalue weighted by molar-refractivity contribution is 7.92. The molecule has 0 atom stereocenters. The van der Waals surface area contributed by atoms with Crippen molar-refractivity contribution < 1.29 is 13.2 Å². The predicted molar refractivity (Wildman–Crippen MR) is 92.7 cm³/mol. The van der Waals surface area contributed by atoms with Crippen molar-refractivity contribution in [3.63, 3.8) is 0 Å². The highest BCUT2D eigenvalue weighted by Crippen LogP contribution is 2.28. The lowest BCUT2D eigenvalue weighted by Gasteiger charge is -2.12. The fourth-order valence-corrected chi connectivity index (χ4v) is 3.02. The summed E-state index contributed by atoms with van der Waals surface area (Å²) in [6, 6.07) is 11.2. The number of anilines is 1. The summed E-state index contributed by atoms with van der Waals surface area (Å²) in [6.07, 6.45) is 1.33. The molecule has 0 unspecified atom stereocenters. The molecule has 0 radical (unpaired) electrons. The summed E-state index contributed by atoms with van der Waals surface area (Å²) in [6.45, 7) is 3.89. The molecule has 0 spiro atoms. The van der Waals surface area contributed by atoms with Crippen LogP contribution in [0.3, 0.4) is 0 Å². The van der Waals surface area contributed by atoms with Gasteiger partial charge in [-0.2, -0.15) is 0 Å². The van der Waals surface area contributed by atoms with Gasteiger partial charge in [0.25, 0.3) is 0 Å². The molecule has 5 nitrogen and oxygen atoms in total. The third-order valence-corrected chi connectivity index (χ3v) is 4.17. The number of nitrogens with one attached hydrogen (secondary N) is 1. The van der Waals surface area contributed by atoms with Gasteiger partial charge in [-0.1, -0.05) is 24.3 Å². The lowest BCUT2D eigenvalue weighted by atomic mass is 9.95. The Morgan fingerprint density at radius 3 is 2.35 bits per heavy atom. The number of amides is 1. The van der Waals surface area contributed by atoms with Gasteiger partial charge in [-0.25, -0.2) is 8.42 Å². The number of sulfonamides is 1. The number of benzene rings is 2. The zero-order chi connectivity index (χ0) is 17.2. The van der Waals surface area contributed by atoms with Gasteiger partial charge >= 0.3 is 0 Å². The molecular weight excluding hydrogens is 312 g/mol. The first-order valence-electron chi connectivity index (χ1n) is 7.12. The minimum absolute atomic E-state index is 0.209. The summed E-state index contributed by atoms with van der Waals surface area (Å²) in [5.41, 5.74) is 10.6. The zero-order valence-corrected chi connectivity index (χ0v) is 14.2. The maximum atomic E-state index is 11.4. The Labute approximate surface area is 136 Å². The minimum atomic E-state index is -3.32. The summed E-state index contributed by atoms with van der Waals surface area (Å²) in [5.74, 6) is -0.364. The van der Waals surface area contributed by atoms with Crippen molar-refractivity contribution in [2.75, 3.05) is 11.0 Å². The van der Waals surface area contributed by atoms with Gasteiger partial charge < -0.3 is 5.73 Å². The standard InChI is InChI=1S/C17H20N2O3S/c1-11-4-7-15(19-23(3,21)22)10-16(11)14-6-5-13(9-17(18)20)12(2)8-14/h4-8,10,19H,9H2,1-3H3,(H2,18,20). The van der Waals surface area contributed by atoms with Crippen LogP contribution in [0.2, 0.25) is 0 Å². The molecule has 2 aromatic rings. The first kappa shape index (κ1) is 17.0. The average Bonchev–Trinajstić information content (AvgIpc) is 2.41. The second kappa shape index (κ2) is 6.42. The van der Waals surface area contributed by atoms with Crippen molar-refractivity contribution in [3.8, 4) is 11.1 Å². The summed E-state index contributed by atoms with van der Waals surface area (Å²) in [7, 11) is -3.32. The molecule has 0 saturated carbocycles.